The fourth-order valence-corrected chi connectivity index (χ4v) is 2.23. The molecule has 0 bridgehead atoms. The van der Waals surface area contributed by atoms with Crippen LogP contribution in [0.1, 0.15) is 20.7 Å². The molecule has 112 valence electrons. The van der Waals surface area contributed by atoms with E-state index < -0.39 is 11.8 Å². The molecule has 1 heterocycles. The van der Waals surface area contributed by atoms with Crippen molar-refractivity contribution in [1.82, 2.24) is 5.06 Å². The summed E-state index contributed by atoms with van der Waals surface area (Å²) in [5.41, 5.74) is 0.706. The van der Waals surface area contributed by atoms with Crippen LogP contribution < -0.4 is 4.74 Å². The van der Waals surface area contributed by atoms with Gasteiger partial charge in [0.2, 0.25) is 0 Å². The first-order valence-corrected chi connectivity index (χ1v) is 7.04. The van der Waals surface area contributed by atoms with E-state index in [0.29, 0.717) is 21.9 Å². The number of fused-ring (bicyclic) bond motifs is 1. The van der Waals surface area contributed by atoms with Crippen LogP contribution in [0.5, 0.6) is 5.75 Å². The molecule has 2 aromatic rings. The summed E-state index contributed by atoms with van der Waals surface area (Å²) in [5, 5.41) is 1.39. The second-order valence-electron chi connectivity index (χ2n) is 4.59. The highest BCUT2D eigenvalue weighted by atomic mass is 35.5. The van der Waals surface area contributed by atoms with Gasteiger partial charge in [-0.1, -0.05) is 23.7 Å². The van der Waals surface area contributed by atoms with Crippen LogP contribution in [0.4, 0.5) is 0 Å². The third-order valence-electron chi connectivity index (χ3n) is 3.14. The monoisotopic (exact) mass is 317 g/mol. The summed E-state index contributed by atoms with van der Waals surface area (Å²) in [4.78, 5) is 29.3. The first kappa shape index (κ1) is 14.6. The molecular weight excluding hydrogens is 306 g/mol. The van der Waals surface area contributed by atoms with E-state index in [1.807, 2.05) is 0 Å². The number of nitrogens with zero attached hydrogens (tertiary/aromatic N) is 1. The number of amides is 2. The lowest BCUT2D eigenvalue weighted by molar-refractivity contribution is -0.0976. The smallest absolute Gasteiger partial charge is 0.285 e. The van der Waals surface area contributed by atoms with Crippen LogP contribution in [0.2, 0.25) is 5.02 Å². The van der Waals surface area contributed by atoms with E-state index in [0.717, 1.165) is 5.06 Å². The largest absolute Gasteiger partial charge is 0.491 e. The van der Waals surface area contributed by atoms with Crippen molar-refractivity contribution in [2.45, 2.75) is 0 Å². The zero-order valence-corrected chi connectivity index (χ0v) is 12.2. The standard InChI is InChI=1S/C16H12ClNO4/c17-11-5-7-12(8-6-11)21-9-10-22-18-15(19)13-3-1-2-4-14(13)16(18)20/h1-8H,9-10H2. The molecule has 1 aliphatic rings. The molecule has 2 aromatic carbocycles. The van der Waals surface area contributed by atoms with Crippen LogP contribution in [0.3, 0.4) is 0 Å². The summed E-state index contributed by atoms with van der Waals surface area (Å²) in [7, 11) is 0. The van der Waals surface area contributed by atoms with Crippen molar-refractivity contribution in [1.29, 1.82) is 0 Å². The third kappa shape index (κ3) is 2.81. The zero-order valence-electron chi connectivity index (χ0n) is 11.5. The van der Waals surface area contributed by atoms with Crippen molar-refractivity contribution in [2.24, 2.45) is 0 Å². The minimum absolute atomic E-state index is 0.0775. The van der Waals surface area contributed by atoms with Gasteiger partial charge in [-0.3, -0.25) is 14.4 Å². The number of ether oxygens (including phenoxy) is 1. The molecule has 2 amide bonds. The Morgan fingerprint density at radius 1 is 0.864 bits per heavy atom. The predicted molar refractivity (Wildman–Crippen MR) is 79.8 cm³/mol. The molecule has 0 N–H and O–H groups in total. The molecule has 3 rings (SSSR count). The minimum Gasteiger partial charge on any atom is -0.491 e. The third-order valence-corrected chi connectivity index (χ3v) is 3.39. The van der Waals surface area contributed by atoms with Gasteiger partial charge in [0.15, 0.2) is 0 Å². The van der Waals surface area contributed by atoms with Gasteiger partial charge < -0.3 is 4.74 Å². The van der Waals surface area contributed by atoms with Crippen LogP contribution >= 0.6 is 11.6 Å². The van der Waals surface area contributed by atoms with Gasteiger partial charge in [0, 0.05) is 5.02 Å². The van der Waals surface area contributed by atoms with Gasteiger partial charge in [-0.25, -0.2) is 0 Å². The molecule has 6 heteroatoms. The van der Waals surface area contributed by atoms with Crippen molar-refractivity contribution in [3.05, 3.63) is 64.7 Å². The summed E-state index contributed by atoms with van der Waals surface area (Å²) < 4.78 is 5.44. The fraction of sp³-hybridized carbons (Fsp3) is 0.125. The van der Waals surface area contributed by atoms with E-state index in [4.69, 9.17) is 21.2 Å². The Balaban J connectivity index is 1.54. The first-order valence-electron chi connectivity index (χ1n) is 6.66. The van der Waals surface area contributed by atoms with Gasteiger partial charge >= 0.3 is 0 Å². The topological polar surface area (TPSA) is 55.8 Å². The lowest BCUT2D eigenvalue weighted by Crippen LogP contribution is -2.31. The quantitative estimate of drug-likeness (QED) is 0.628. The summed E-state index contributed by atoms with van der Waals surface area (Å²) in [5.74, 6) is -0.269. The highest BCUT2D eigenvalue weighted by Gasteiger charge is 2.36. The van der Waals surface area contributed by atoms with Crippen molar-refractivity contribution in [2.75, 3.05) is 13.2 Å². The number of benzene rings is 2. The molecule has 1 aliphatic heterocycles. The number of hydrogen-bond donors (Lipinski definition) is 0. The van der Waals surface area contributed by atoms with Gasteiger partial charge in [0.1, 0.15) is 19.0 Å². The average molecular weight is 318 g/mol. The maximum atomic E-state index is 12.0. The normalized spacial score (nSPS) is 13.4. The number of hydrogen-bond acceptors (Lipinski definition) is 4. The Morgan fingerprint density at radius 3 is 2.05 bits per heavy atom. The summed E-state index contributed by atoms with van der Waals surface area (Å²) in [6, 6.07) is 13.5. The Labute approximate surface area is 132 Å². The van der Waals surface area contributed by atoms with Crippen molar-refractivity contribution in [3.8, 4) is 5.75 Å². The summed E-state index contributed by atoms with van der Waals surface area (Å²) in [6.07, 6.45) is 0. The van der Waals surface area contributed by atoms with Crippen LogP contribution in [0.25, 0.3) is 0 Å². The van der Waals surface area contributed by atoms with Crippen LogP contribution in [0, 0.1) is 0 Å². The van der Waals surface area contributed by atoms with Gasteiger partial charge in [-0.15, -0.1) is 5.06 Å². The molecule has 0 atom stereocenters. The van der Waals surface area contributed by atoms with E-state index in [2.05, 4.69) is 0 Å². The lowest BCUT2D eigenvalue weighted by Gasteiger charge is -2.13. The molecular formula is C16H12ClNO4. The second kappa shape index (κ2) is 6.17. The Kier molecular flexibility index (Phi) is 4.09. The van der Waals surface area contributed by atoms with Crippen LogP contribution in [0.15, 0.2) is 48.5 Å². The average Bonchev–Trinajstić information content (AvgIpc) is 2.78. The summed E-state index contributed by atoms with van der Waals surface area (Å²) in [6.45, 7) is 0.281. The number of carbonyl (C=O) groups excluding carboxylic acids is 2. The first-order chi connectivity index (χ1) is 10.7. The van der Waals surface area contributed by atoms with Crippen LogP contribution in [-0.2, 0) is 4.84 Å². The van der Waals surface area contributed by atoms with E-state index >= 15 is 0 Å². The lowest BCUT2D eigenvalue weighted by atomic mass is 10.1. The molecule has 0 aromatic heterocycles. The van der Waals surface area contributed by atoms with Crippen molar-refractivity contribution >= 4 is 23.4 Å². The molecule has 0 aliphatic carbocycles. The van der Waals surface area contributed by atoms with E-state index in [9.17, 15) is 9.59 Å². The SMILES string of the molecule is O=C1c2ccccc2C(=O)N1OCCOc1ccc(Cl)cc1. The molecule has 0 fully saturated rings. The Bertz CT molecular complexity index is 679. The number of halogens is 1. The molecule has 22 heavy (non-hydrogen) atoms. The summed E-state index contributed by atoms with van der Waals surface area (Å²) >= 11 is 5.77. The molecule has 0 saturated carbocycles. The number of imide groups is 1. The molecule has 0 saturated heterocycles. The van der Waals surface area contributed by atoms with Crippen molar-refractivity contribution < 1.29 is 19.2 Å². The Hall–Kier alpha value is -2.37. The number of rotatable bonds is 5. The van der Waals surface area contributed by atoms with E-state index in [1.165, 1.54) is 0 Å². The minimum atomic E-state index is -0.452. The van der Waals surface area contributed by atoms with Gasteiger partial charge in [-0.05, 0) is 36.4 Å². The fourth-order valence-electron chi connectivity index (χ4n) is 2.10. The highest BCUT2D eigenvalue weighted by molar-refractivity contribution is 6.30. The van der Waals surface area contributed by atoms with E-state index in [-0.39, 0.29) is 13.2 Å². The molecule has 0 unspecified atom stereocenters. The molecule has 0 spiro atoms. The zero-order chi connectivity index (χ0) is 15.5. The van der Waals surface area contributed by atoms with E-state index in [1.54, 1.807) is 48.5 Å². The maximum absolute atomic E-state index is 12.0. The second-order valence-corrected chi connectivity index (χ2v) is 5.02. The maximum Gasteiger partial charge on any atom is 0.285 e. The number of hydroxylamine groups is 2. The van der Waals surface area contributed by atoms with Gasteiger partial charge in [-0.2, -0.15) is 0 Å². The highest BCUT2D eigenvalue weighted by Crippen LogP contribution is 2.22. The van der Waals surface area contributed by atoms with Gasteiger partial charge in [0.05, 0.1) is 11.1 Å². The molecule has 5 nitrogen and oxygen atoms in total. The van der Waals surface area contributed by atoms with Crippen LogP contribution in [-0.4, -0.2) is 30.1 Å². The van der Waals surface area contributed by atoms with Crippen molar-refractivity contribution in [3.63, 3.8) is 0 Å². The predicted octanol–water partition coefficient (Wildman–Crippen LogP) is 2.95. The Morgan fingerprint density at radius 2 is 1.45 bits per heavy atom. The molecule has 0 radical (unpaired) electrons. The van der Waals surface area contributed by atoms with Gasteiger partial charge in [0.25, 0.3) is 11.8 Å². The number of carbonyl (C=O) groups is 2.